The SMILES string of the molecule is Cn1cc(-c2ccc(NC3C[C@@H]4CN(CC5CCCCC5)C[C@@H]4C3)nn2)ccc1=O. The van der Waals surface area contributed by atoms with Crippen LogP contribution >= 0.6 is 0 Å². The zero-order valence-corrected chi connectivity index (χ0v) is 18.0. The van der Waals surface area contributed by atoms with Crippen LogP contribution in [0.4, 0.5) is 5.82 Å². The van der Waals surface area contributed by atoms with Gasteiger partial charge in [-0.2, -0.15) is 0 Å². The molecule has 1 N–H and O–H groups in total. The van der Waals surface area contributed by atoms with Gasteiger partial charge in [-0.05, 0) is 61.6 Å². The lowest BCUT2D eigenvalue weighted by molar-refractivity contribution is 0.221. The summed E-state index contributed by atoms with van der Waals surface area (Å²) in [6.07, 6.45) is 11.5. The summed E-state index contributed by atoms with van der Waals surface area (Å²) in [5, 5.41) is 12.4. The van der Waals surface area contributed by atoms with E-state index in [4.69, 9.17) is 0 Å². The Kier molecular flexibility index (Phi) is 5.59. The van der Waals surface area contributed by atoms with E-state index in [1.807, 2.05) is 12.1 Å². The quantitative estimate of drug-likeness (QED) is 0.821. The van der Waals surface area contributed by atoms with E-state index >= 15 is 0 Å². The van der Waals surface area contributed by atoms with Gasteiger partial charge in [0, 0.05) is 50.6 Å². The summed E-state index contributed by atoms with van der Waals surface area (Å²) in [4.78, 5) is 14.3. The number of nitrogens with zero attached hydrogens (tertiary/aromatic N) is 4. The molecule has 3 atom stereocenters. The standard InChI is InChI=1S/C24H33N5O/c1-28-14-18(7-10-24(28)30)22-8-9-23(27-26-22)25-21-11-19-15-29(16-20(19)12-21)13-17-5-3-2-4-6-17/h7-10,14,17,19-21H,2-6,11-13,15-16H2,1H3,(H,25,27)/t19-,20+,21?. The predicted molar refractivity (Wildman–Crippen MR) is 119 cm³/mol. The monoisotopic (exact) mass is 407 g/mol. The summed E-state index contributed by atoms with van der Waals surface area (Å²) < 4.78 is 1.57. The molecule has 0 amide bonds. The average molecular weight is 408 g/mol. The molecule has 160 valence electrons. The molecule has 1 unspecified atom stereocenters. The van der Waals surface area contributed by atoms with E-state index in [2.05, 4.69) is 20.4 Å². The van der Waals surface area contributed by atoms with Gasteiger partial charge in [0.05, 0.1) is 5.69 Å². The average Bonchev–Trinajstić information content (AvgIpc) is 3.29. The second-order valence-electron chi connectivity index (χ2n) is 9.73. The smallest absolute Gasteiger partial charge is 0.250 e. The summed E-state index contributed by atoms with van der Waals surface area (Å²) in [5.74, 6) is 3.48. The van der Waals surface area contributed by atoms with Crippen LogP contribution in [0.25, 0.3) is 11.3 Å². The largest absolute Gasteiger partial charge is 0.366 e. The molecule has 3 fully saturated rings. The molecule has 30 heavy (non-hydrogen) atoms. The van der Waals surface area contributed by atoms with Crippen molar-refractivity contribution in [3.8, 4) is 11.3 Å². The van der Waals surface area contributed by atoms with Crippen LogP contribution in [0.5, 0.6) is 0 Å². The van der Waals surface area contributed by atoms with Crippen molar-refractivity contribution < 1.29 is 0 Å². The Hall–Kier alpha value is -2.21. The molecule has 5 rings (SSSR count). The van der Waals surface area contributed by atoms with E-state index in [1.54, 1.807) is 29.9 Å². The van der Waals surface area contributed by atoms with E-state index in [9.17, 15) is 4.79 Å². The van der Waals surface area contributed by atoms with Gasteiger partial charge in [-0.1, -0.05) is 19.3 Å². The van der Waals surface area contributed by atoms with Gasteiger partial charge < -0.3 is 14.8 Å². The van der Waals surface area contributed by atoms with E-state index < -0.39 is 0 Å². The number of anilines is 1. The molecule has 1 saturated heterocycles. The first-order valence-corrected chi connectivity index (χ1v) is 11.6. The molecule has 6 heteroatoms. The molecule has 3 heterocycles. The molecule has 1 aliphatic heterocycles. The van der Waals surface area contributed by atoms with Crippen molar-refractivity contribution in [1.82, 2.24) is 19.7 Å². The number of pyridine rings is 1. The number of nitrogens with one attached hydrogen (secondary N) is 1. The minimum absolute atomic E-state index is 0.0194. The van der Waals surface area contributed by atoms with Gasteiger partial charge in [0.15, 0.2) is 0 Å². The third-order valence-corrected chi connectivity index (χ3v) is 7.47. The number of likely N-dealkylation sites (tertiary alicyclic amines) is 1. The maximum absolute atomic E-state index is 11.6. The number of aryl methyl sites for hydroxylation is 1. The van der Waals surface area contributed by atoms with Gasteiger partial charge in [-0.3, -0.25) is 4.79 Å². The lowest BCUT2D eigenvalue weighted by Gasteiger charge is -2.27. The van der Waals surface area contributed by atoms with Crippen molar-refractivity contribution in [3.05, 3.63) is 40.8 Å². The molecule has 2 aliphatic carbocycles. The van der Waals surface area contributed by atoms with Gasteiger partial charge in [0.2, 0.25) is 5.56 Å². The minimum atomic E-state index is -0.0194. The van der Waals surface area contributed by atoms with Gasteiger partial charge in [-0.15, -0.1) is 10.2 Å². The lowest BCUT2D eigenvalue weighted by Crippen LogP contribution is -2.30. The van der Waals surface area contributed by atoms with E-state index in [-0.39, 0.29) is 5.56 Å². The van der Waals surface area contributed by atoms with Crippen molar-refractivity contribution in [1.29, 1.82) is 0 Å². The Morgan fingerprint density at radius 1 is 1.00 bits per heavy atom. The fourth-order valence-electron chi connectivity index (χ4n) is 5.92. The molecule has 3 aliphatic rings. The highest BCUT2D eigenvalue weighted by Crippen LogP contribution is 2.40. The molecule has 0 radical (unpaired) electrons. The third-order valence-electron chi connectivity index (χ3n) is 7.47. The normalized spacial score (nSPS) is 27.3. The third kappa shape index (κ3) is 4.29. The van der Waals surface area contributed by atoms with Crippen LogP contribution < -0.4 is 10.9 Å². The number of hydrogen-bond donors (Lipinski definition) is 1. The van der Waals surface area contributed by atoms with Crippen LogP contribution in [0.15, 0.2) is 35.3 Å². The van der Waals surface area contributed by atoms with Crippen molar-refractivity contribution in [2.24, 2.45) is 24.8 Å². The molecule has 6 nitrogen and oxygen atoms in total. The van der Waals surface area contributed by atoms with Gasteiger partial charge in [0.1, 0.15) is 5.82 Å². The zero-order valence-electron chi connectivity index (χ0n) is 18.0. The highest BCUT2D eigenvalue weighted by Gasteiger charge is 2.41. The Morgan fingerprint density at radius 3 is 2.43 bits per heavy atom. The fourth-order valence-corrected chi connectivity index (χ4v) is 5.92. The summed E-state index contributed by atoms with van der Waals surface area (Å²) in [6.45, 7) is 3.91. The predicted octanol–water partition coefficient (Wildman–Crippen LogP) is 3.54. The number of aromatic nitrogens is 3. The van der Waals surface area contributed by atoms with Gasteiger partial charge in [-0.25, -0.2) is 0 Å². The molecule has 0 bridgehead atoms. The van der Waals surface area contributed by atoms with Crippen LogP contribution in [-0.2, 0) is 7.05 Å². The van der Waals surface area contributed by atoms with Crippen LogP contribution in [0.3, 0.4) is 0 Å². The van der Waals surface area contributed by atoms with E-state index in [0.29, 0.717) is 6.04 Å². The summed E-state index contributed by atoms with van der Waals surface area (Å²) in [6, 6.07) is 7.87. The minimum Gasteiger partial charge on any atom is -0.366 e. The second kappa shape index (κ2) is 8.50. The van der Waals surface area contributed by atoms with Crippen molar-refractivity contribution in [3.63, 3.8) is 0 Å². The van der Waals surface area contributed by atoms with E-state index in [1.165, 1.54) is 64.6 Å². The molecular weight excluding hydrogens is 374 g/mol. The number of hydrogen-bond acceptors (Lipinski definition) is 5. The molecule has 2 saturated carbocycles. The fraction of sp³-hybridized carbons (Fsp3) is 0.625. The van der Waals surface area contributed by atoms with Crippen LogP contribution in [0.1, 0.15) is 44.9 Å². The highest BCUT2D eigenvalue weighted by atomic mass is 16.1. The highest BCUT2D eigenvalue weighted by molar-refractivity contribution is 5.58. The van der Waals surface area contributed by atoms with Crippen LogP contribution in [0, 0.1) is 17.8 Å². The molecule has 0 spiro atoms. The Labute approximate surface area is 178 Å². The summed E-state index contributed by atoms with van der Waals surface area (Å²) in [7, 11) is 1.75. The van der Waals surface area contributed by atoms with Crippen molar-refractivity contribution in [2.45, 2.75) is 51.0 Å². The summed E-state index contributed by atoms with van der Waals surface area (Å²) in [5.41, 5.74) is 1.68. The molecule has 2 aromatic heterocycles. The van der Waals surface area contributed by atoms with Crippen molar-refractivity contribution >= 4 is 5.82 Å². The first-order valence-electron chi connectivity index (χ1n) is 11.6. The molecule has 0 aromatic carbocycles. The maximum atomic E-state index is 11.6. The zero-order chi connectivity index (χ0) is 20.5. The number of rotatable bonds is 5. The maximum Gasteiger partial charge on any atom is 0.250 e. The van der Waals surface area contributed by atoms with Gasteiger partial charge >= 0.3 is 0 Å². The molecular formula is C24H33N5O. The van der Waals surface area contributed by atoms with E-state index in [0.717, 1.165) is 34.8 Å². The molecule has 2 aromatic rings. The van der Waals surface area contributed by atoms with Crippen LogP contribution in [0.2, 0.25) is 0 Å². The van der Waals surface area contributed by atoms with Crippen molar-refractivity contribution in [2.75, 3.05) is 25.0 Å². The lowest BCUT2D eigenvalue weighted by atomic mass is 9.89. The topological polar surface area (TPSA) is 63.1 Å². The first-order chi connectivity index (χ1) is 14.6. The Balaban J connectivity index is 1.14. The Morgan fingerprint density at radius 2 is 1.77 bits per heavy atom. The van der Waals surface area contributed by atoms with Crippen LogP contribution in [-0.4, -0.2) is 45.3 Å². The Bertz CT molecular complexity index is 904. The second-order valence-corrected chi connectivity index (χ2v) is 9.73. The number of fused-ring (bicyclic) bond motifs is 1. The van der Waals surface area contributed by atoms with Gasteiger partial charge in [0.25, 0.3) is 0 Å². The summed E-state index contributed by atoms with van der Waals surface area (Å²) >= 11 is 0. The first kappa shape index (κ1) is 19.7.